The summed E-state index contributed by atoms with van der Waals surface area (Å²) >= 11 is 0. The molecule has 2 aromatic carbocycles. The number of carbonyl (C=O) groups is 2. The van der Waals surface area contributed by atoms with Gasteiger partial charge in [-0.1, -0.05) is 30.3 Å². The second kappa shape index (κ2) is 9.93. The molecule has 0 spiro atoms. The predicted molar refractivity (Wildman–Crippen MR) is 109 cm³/mol. The fourth-order valence-electron chi connectivity index (χ4n) is 3.40. The molecule has 0 aromatic heterocycles. The summed E-state index contributed by atoms with van der Waals surface area (Å²) in [6.07, 6.45) is 3.65. The molecule has 1 heterocycles. The van der Waals surface area contributed by atoms with E-state index in [0.717, 1.165) is 30.7 Å². The summed E-state index contributed by atoms with van der Waals surface area (Å²) in [5.74, 6) is 0.803. The van der Waals surface area contributed by atoms with Crippen LogP contribution in [0.15, 0.2) is 54.6 Å². The van der Waals surface area contributed by atoms with Crippen LogP contribution in [0.2, 0.25) is 0 Å². The van der Waals surface area contributed by atoms with Crippen LogP contribution in [-0.2, 0) is 11.3 Å². The lowest BCUT2D eigenvalue weighted by Crippen LogP contribution is -2.42. The molecule has 3 rings (SSSR count). The van der Waals surface area contributed by atoms with Crippen LogP contribution in [0.25, 0.3) is 0 Å². The van der Waals surface area contributed by atoms with Gasteiger partial charge in [0, 0.05) is 24.7 Å². The maximum atomic E-state index is 12.7. The molecule has 1 saturated heterocycles. The van der Waals surface area contributed by atoms with Crippen LogP contribution in [0.5, 0.6) is 5.75 Å². The largest absolute Gasteiger partial charge is 0.493 e. The zero-order valence-electron chi connectivity index (χ0n) is 16.4. The molecule has 1 fully saturated rings. The molecule has 5 nitrogen and oxygen atoms in total. The molecule has 1 unspecified atom stereocenters. The van der Waals surface area contributed by atoms with Crippen molar-refractivity contribution in [1.29, 1.82) is 0 Å². The SMILES string of the molecule is CC1CCCCN1C(=O)c1ccc(CNC(=O)CCOc2ccccc2)cc1. The summed E-state index contributed by atoms with van der Waals surface area (Å²) in [5, 5.41) is 2.89. The van der Waals surface area contributed by atoms with Crippen LogP contribution in [-0.4, -0.2) is 35.9 Å². The summed E-state index contributed by atoms with van der Waals surface area (Å²) in [4.78, 5) is 26.6. The van der Waals surface area contributed by atoms with Gasteiger partial charge in [-0.2, -0.15) is 0 Å². The van der Waals surface area contributed by atoms with Crippen LogP contribution in [0.3, 0.4) is 0 Å². The van der Waals surface area contributed by atoms with Crippen molar-refractivity contribution in [3.63, 3.8) is 0 Å². The van der Waals surface area contributed by atoms with Gasteiger partial charge in [0.1, 0.15) is 5.75 Å². The number of ether oxygens (including phenoxy) is 1. The number of piperidine rings is 1. The molecule has 0 saturated carbocycles. The molecular weight excluding hydrogens is 352 g/mol. The number of rotatable bonds is 7. The van der Waals surface area contributed by atoms with Crippen LogP contribution in [0.1, 0.15) is 48.5 Å². The normalized spacial score (nSPS) is 16.5. The highest BCUT2D eigenvalue weighted by molar-refractivity contribution is 5.94. The van der Waals surface area contributed by atoms with Gasteiger partial charge >= 0.3 is 0 Å². The monoisotopic (exact) mass is 380 g/mol. The maximum absolute atomic E-state index is 12.7. The molecule has 1 atom stereocenters. The van der Waals surface area contributed by atoms with E-state index < -0.39 is 0 Å². The molecule has 2 aromatic rings. The summed E-state index contributed by atoms with van der Waals surface area (Å²) in [7, 11) is 0. The maximum Gasteiger partial charge on any atom is 0.254 e. The van der Waals surface area contributed by atoms with E-state index >= 15 is 0 Å². The molecule has 0 bridgehead atoms. The number of benzene rings is 2. The zero-order chi connectivity index (χ0) is 19.8. The number of amides is 2. The minimum atomic E-state index is -0.0572. The van der Waals surface area contributed by atoms with E-state index in [1.807, 2.05) is 59.5 Å². The standard InChI is InChI=1S/C23H28N2O3/c1-18-7-5-6-15-25(18)23(27)20-12-10-19(11-13-20)17-24-22(26)14-16-28-21-8-3-2-4-9-21/h2-4,8-13,18H,5-7,14-17H2,1H3,(H,24,26). The fourth-order valence-corrected chi connectivity index (χ4v) is 3.40. The van der Waals surface area contributed by atoms with E-state index in [4.69, 9.17) is 4.74 Å². The first kappa shape index (κ1) is 19.9. The summed E-state index contributed by atoms with van der Waals surface area (Å²) in [5.41, 5.74) is 1.68. The number of likely N-dealkylation sites (tertiary alicyclic amines) is 1. The smallest absolute Gasteiger partial charge is 0.254 e. The topological polar surface area (TPSA) is 58.6 Å². The van der Waals surface area contributed by atoms with Gasteiger partial charge in [-0.3, -0.25) is 9.59 Å². The van der Waals surface area contributed by atoms with Gasteiger partial charge in [-0.25, -0.2) is 0 Å². The van der Waals surface area contributed by atoms with Crippen molar-refractivity contribution in [3.05, 3.63) is 65.7 Å². The van der Waals surface area contributed by atoms with Crippen molar-refractivity contribution in [2.45, 2.75) is 45.2 Å². The number of carbonyl (C=O) groups excluding carboxylic acids is 2. The Morgan fingerprint density at radius 3 is 2.54 bits per heavy atom. The molecule has 0 aliphatic carbocycles. The predicted octanol–water partition coefficient (Wildman–Crippen LogP) is 3.79. The Labute approximate surface area is 166 Å². The first-order chi connectivity index (χ1) is 13.6. The lowest BCUT2D eigenvalue weighted by molar-refractivity contribution is -0.121. The van der Waals surface area contributed by atoms with Crippen LogP contribution in [0, 0.1) is 0 Å². The molecule has 28 heavy (non-hydrogen) atoms. The molecule has 2 amide bonds. The van der Waals surface area contributed by atoms with Gasteiger partial charge in [-0.05, 0) is 56.0 Å². The van der Waals surface area contributed by atoms with Gasteiger partial charge < -0.3 is 15.0 Å². The van der Waals surface area contributed by atoms with Crippen molar-refractivity contribution >= 4 is 11.8 Å². The average Bonchev–Trinajstić information content (AvgIpc) is 2.73. The lowest BCUT2D eigenvalue weighted by atomic mass is 10.0. The summed E-state index contributed by atoms with van der Waals surface area (Å²) < 4.78 is 5.53. The minimum Gasteiger partial charge on any atom is -0.493 e. The zero-order valence-corrected chi connectivity index (χ0v) is 16.4. The quantitative estimate of drug-likeness (QED) is 0.795. The van der Waals surface area contributed by atoms with Gasteiger partial charge in [0.2, 0.25) is 5.91 Å². The Morgan fingerprint density at radius 1 is 1.07 bits per heavy atom. The van der Waals surface area contributed by atoms with Crippen molar-refractivity contribution in [1.82, 2.24) is 10.2 Å². The van der Waals surface area contributed by atoms with Crippen LogP contribution < -0.4 is 10.1 Å². The van der Waals surface area contributed by atoms with E-state index in [9.17, 15) is 9.59 Å². The summed E-state index contributed by atoms with van der Waals surface area (Å²) in [6.45, 7) is 3.74. The van der Waals surface area contributed by atoms with Crippen molar-refractivity contribution in [2.75, 3.05) is 13.2 Å². The van der Waals surface area contributed by atoms with Crippen LogP contribution >= 0.6 is 0 Å². The Kier molecular flexibility index (Phi) is 7.06. The molecule has 0 radical (unpaired) electrons. The molecule has 1 aliphatic rings. The van der Waals surface area contributed by atoms with E-state index in [1.165, 1.54) is 6.42 Å². The third-order valence-corrected chi connectivity index (χ3v) is 5.10. The van der Waals surface area contributed by atoms with Crippen molar-refractivity contribution in [2.24, 2.45) is 0 Å². The first-order valence-corrected chi connectivity index (χ1v) is 9.98. The fraction of sp³-hybridized carbons (Fsp3) is 0.391. The van der Waals surface area contributed by atoms with Crippen molar-refractivity contribution in [3.8, 4) is 5.75 Å². The average molecular weight is 380 g/mol. The molecule has 5 heteroatoms. The number of nitrogens with zero attached hydrogens (tertiary/aromatic N) is 1. The number of hydrogen-bond acceptors (Lipinski definition) is 3. The second-order valence-corrected chi connectivity index (χ2v) is 7.23. The Morgan fingerprint density at radius 2 is 1.82 bits per heavy atom. The molecule has 148 valence electrons. The highest BCUT2D eigenvalue weighted by atomic mass is 16.5. The van der Waals surface area contributed by atoms with E-state index in [-0.39, 0.29) is 11.8 Å². The van der Waals surface area contributed by atoms with E-state index in [0.29, 0.717) is 31.2 Å². The van der Waals surface area contributed by atoms with E-state index in [1.54, 1.807) is 0 Å². The number of para-hydroxylation sites is 1. The minimum absolute atomic E-state index is 0.0572. The Bertz CT molecular complexity index is 774. The van der Waals surface area contributed by atoms with Gasteiger partial charge in [0.15, 0.2) is 0 Å². The number of hydrogen-bond donors (Lipinski definition) is 1. The molecular formula is C23H28N2O3. The van der Waals surface area contributed by atoms with Gasteiger partial charge in [0.25, 0.3) is 5.91 Å². The van der Waals surface area contributed by atoms with Crippen molar-refractivity contribution < 1.29 is 14.3 Å². The lowest BCUT2D eigenvalue weighted by Gasteiger charge is -2.33. The van der Waals surface area contributed by atoms with E-state index in [2.05, 4.69) is 12.2 Å². The number of nitrogens with one attached hydrogen (secondary N) is 1. The third-order valence-electron chi connectivity index (χ3n) is 5.10. The third kappa shape index (κ3) is 5.59. The molecule has 1 N–H and O–H groups in total. The Balaban J connectivity index is 1.42. The van der Waals surface area contributed by atoms with Gasteiger partial charge in [0.05, 0.1) is 13.0 Å². The second-order valence-electron chi connectivity index (χ2n) is 7.23. The first-order valence-electron chi connectivity index (χ1n) is 9.98. The summed E-state index contributed by atoms with van der Waals surface area (Å²) in [6, 6.07) is 17.3. The molecule has 1 aliphatic heterocycles. The Hall–Kier alpha value is -2.82. The highest BCUT2D eigenvalue weighted by Gasteiger charge is 2.23. The van der Waals surface area contributed by atoms with Gasteiger partial charge in [-0.15, -0.1) is 0 Å². The highest BCUT2D eigenvalue weighted by Crippen LogP contribution is 2.19. The van der Waals surface area contributed by atoms with Crippen LogP contribution in [0.4, 0.5) is 0 Å².